The maximum absolute atomic E-state index is 12.4. The van der Waals surface area contributed by atoms with Gasteiger partial charge in [0, 0.05) is 10.5 Å². The lowest BCUT2D eigenvalue weighted by atomic mass is 10.1. The van der Waals surface area contributed by atoms with Crippen molar-refractivity contribution in [2.45, 2.75) is 11.8 Å². The second-order valence-electron chi connectivity index (χ2n) is 4.82. The Kier molecular flexibility index (Phi) is 3.71. The van der Waals surface area contributed by atoms with Gasteiger partial charge in [0.05, 0.1) is 11.4 Å². The SMILES string of the molecule is CSc1ccc(-c2[nH]n(-c3ccccc3)c(=O)c2C)cc1. The number of aromatic nitrogens is 2. The molecular weight excluding hydrogens is 280 g/mol. The van der Waals surface area contributed by atoms with Gasteiger partial charge in [-0.2, -0.15) is 0 Å². The van der Waals surface area contributed by atoms with Crippen LogP contribution in [0.15, 0.2) is 64.3 Å². The number of H-pyrrole nitrogens is 1. The Bertz CT molecular complexity index is 801. The number of benzene rings is 2. The maximum Gasteiger partial charge on any atom is 0.274 e. The summed E-state index contributed by atoms with van der Waals surface area (Å²) < 4.78 is 1.59. The molecule has 0 aliphatic heterocycles. The predicted molar refractivity (Wildman–Crippen MR) is 88.3 cm³/mol. The highest BCUT2D eigenvalue weighted by Gasteiger charge is 2.12. The molecule has 0 fully saturated rings. The summed E-state index contributed by atoms with van der Waals surface area (Å²) in [6.45, 7) is 1.86. The van der Waals surface area contributed by atoms with Crippen molar-refractivity contribution in [1.82, 2.24) is 9.78 Å². The summed E-state index contributed by atoms with van der Waals surface area (Å²) in [7, 11) is 0. The van der Waals surface area contributed by atoms with E-state index in [4.69, 9.17) is 0 Å². The summed E-state index contributed by atoms with van der Waals surface area (Å²) in [5.41, 5.74) is 3.46. The van der Waals surface area contributed by atoms with Crippen molar-refractivity contribution >= 4 is 11.8 Å². The minimum atomic E-state index is -0.00913. The van der Waals surface area contributed by atoms with E-state index in [2.05, 4.69) is 17.2 Å². The summed E-state index contributed by atoms with van der Waals surface area (Å²) >= 11 is 1.70. The number of hydrogen-bond acceptors (Lipinski definition) is 2. The molecule has 3 nitrogen and oxygen atoms in total. The zero-order valence-electron chi connectivity index (χ0n) is 12.0. The minimum Gasteiger partial charge on any atom is -0.290 e. The molecule has 4 heteroatoms. The van der Waals surface area contributed by atoms with Crippen LogP contribution in [0.4, 0.5) is 0 Å². The lowest BCUT2D eigenvalue weighted by Crippen LogP contribution is -2.15. The Balaban J connectivity index is 2.10. The molecule has 0 spiro atoms. The van der Waals surface area contributed by atoms with Crippen LogP contribution in [0, 0.1) is 6.92 Å². The molecular formula is C17H16N2OS. The lowest BCUT2D eigenvalue weighted by Gasteiger charge is -2.03. The molecule has 0 unspecified atom stereocenters. The second kappa shape index (κ2) is 5.66. The summed E-state index contributed by atoms with van der Waals surface area (Å²) in [5.74, 6) is 0. The molecule has 0 radical (unpaired) electrons. The van der Waals surface area contributed by atoms with Gasteiger partial charge < -0.3 is 0 Å². The minimum absolute atomic E-state index is 0.00913. The third kappa shape index (κ3) is 2.54. The van der Waals surface area contributed by atoms with Crippen molar-refractivity contribution in [3.05, 3.63) is 70.5 Å². The topological polar surface area (TPSA) is 37.8 Å². The first kappa shape index (κ1) is 13.8. The number of aromatic amines is 1. The predicted octanol–water partition coefficient (Wildman–Crippen LogP) is 3.86. The lowest BCUT2D eigenvalue weighted by molar-refractivity contribution is 0.851. The van der Waals surface area contributed by atoms with Crippen LogP contribution in [-0.4, -0.2) is 16.0 Å². The van der Waals surface area contributed by atoms with Crippen LogP contribution < -0.4 is 5.56 Å². The van der Waals surface area contributed by atoms with Crippen LogP contribution in [0.1, 0.15) is 5.56 Å². The van der Waals surface area contributed by atoms with E-state index in [1.165, 1.54) is 4.90 Å². The van der Waals surface area contributed by atoms with Crippen LogP contribution in [-0.2, 0) is 0 Å². The van der Waals surface area contributed by atoms with E-state index < -0.39 is 0 Å². The van der Waals surface area contributed by atoms with E-state index in [0.717, 1.165) is 22.5 Å². The molecule has 0 atom stereocenters. The molecule has 1 heterocycles. The van der Waals surface area contributed by atoms with Gasteiger partial charge in [-0.3, -0.25) is 9.89 Å². The fourth-order valence-corrected chi connectivity index (χ4v) is 2.73. The highest BCUT2D eigenvalue weighted by molar-refractivity contribution is 7.98. The van der Waals surface area contributed by atoms with Gasteiger partial charge in [0.1, 0.15) is 0 Å². The average Bonchev–Trinajstić information content (AvgIpc) is 2.84. The molecule has 1 N–H and O–H groups in total. The Labute approximate surface area is 127 Å². The van der Waals surface area contributed by atoms with Crippen LogP contribution >= 0.6 is 11.8 Å². The molecule has 2 aromatic carbocycles. The van der Waals surface area contributed by atoms with Crippen LogP contribution in [0.3, 0.4) is 0 Å². The van der Waals surface area contributed by atoms with E-state index in [1.807, 2.05) is 55.6 Å². The van der Waals surface area contributed by atoms with E-state index >= 15 is 0 Å². The zero-order chi connectivity index (χ0) is 14.8. The molecule has 0 aliphatic rings. The van der Waals surface area contributed by atoms with Gasteiger partial charge in [-0.1, -0.05) is 30.3 Å². The molecule has 0 saturated heterocycles. The zero-order valence-corrected chi connectivity index (χ0v) is 12.8. The van der Waals surface area contributed by atoms with Gasteiger partial charge in [0.15, 0.2) is 0 Å². The van der Waals surface area contributed by atoms with Crippen molar-refractivity contribution in [1.29, 1.82) is 0 Å². The molecule has 106 valence electrons. The molecule has 3 rings (SSSR count). The summed E-state index contributed by atoms with van der Waals surface area (Å²) in [6.07, 6.45) is 2.05. The number of para-hydroxylation sites is 1. The first-order chi connectivity index (χ1) is 10.2. The third-order valence-electron chi connectivity index (χ3n) is 3.52. The highest BCUT2D eigenvalue weighted by Crippen LogP contribution is 2.23. The summed E-state index contributed by atoms with van der Waals surface area (Å²) in [4.78, 5) is 13.6. The molecule has 0 amide bonds. The quantitative estimate of drug-likeness (QED) is 0.745. The fourth-order valence-electron chi connectivity index (χ4n) is 2.32. The number of nitrogens with zero attached hydrogens (tertiary/aromatic N) is 1. The second-order valence-corrected chi connectivity index (χ2v) is 5.70. The highest BCUT2D eigenvalue weighted by atomic mass is 32.2. The third-order valence-corrected chi connectivity index (χ3v) is 4.26. The standard InChI is InChI=1S/C17H16N2OS/c1-12-16(13-8-10-15(21-2)11-9-13)18-19(17(12)20)14-6-4-3-5-7-14/h3-11,18H,1-2H3. The van der Waals surface area contributed by atoms with Crippen molar-refractivity contribution in [2.75, 3.05) is 6.26 Å². The Hall–Kier alpha value is -2.20. The van der Waals surface area contributed by atoms with Crippen molar-refractivity contribution < 1.29 is 0 Å². The number of hydrogen-bond donors (Lipinski definition) is 1. The maximum atomic E-state index is 12.4. The van der Waals surface area contributed by atoms with Gasteiger partial charge in [0.25, 0.3) is 5.56 Å². The van der Waals surface area contributed by atoms with E-state index in [9.17, 15) is 4.79 Å². The number of nitrogens with one attached hydrogen (secondary N) is 1. The van der Waals surface area contributed by atoms with E-state index in [1.54, 1.807) is 16.4 Å². The first-order valence-corrected chi connectivity index (χ1v) is 7.94. The average molecular weight is 296 g/mol. The first-order valence-electron chi connectivity index (χ1n) is 6.72. The fraction of sp³-hybridized carbons (Fsp3) is 0.118. The van der Waals surface area contributed by atoms with E-state index in [0.29, 0.717) is 0 Å². The molecule has 0 saturated carbocycles. The smallest absolute Gasteiger partial charge is 0.274 e. The van der Waals surface area contributed by atoms with Crippen molar-refractivity contribution in [3.63, 3.8) is 0 Å². The van der Waals surface area contributed by atoms with Crippen LogP contribution in [0.5, 0.6) is 0 Å². The Morgan fingerprint density at radius 1 is 1.00 bits per heavy atom. The molecule has 1 aromatic heterocycles. The van der Waals surface area contributed by atoms with Crippen molar-refractivity contribution in [3.8, 4) is 16.9 Å². The van der Waals surface area contributed by atoms with Crippen LogP contribution in [0.2, 0.25) is 0 Å². The normalized spacial score (nSPS) is 10.8. The van der Waals surface area contributed by atoms with Gasteiger partial charge in [-0.05, 0) is 43.0 Å². The van der Waals surface area contributed by atoms with Gasteiger partial charge in [-0.15, -0.1) is 11.8 Å². The van der Waals surface area contributed by atoms with Crippen molar-refractivity contribution in [2.24, 2.45) is 0 Å². The Morgan fingerprint density at radius 3 is 2.29 bits per heavy atom. The molecule has 0 aliphatic carbocycles. The molecule has 21 heavy (non-hydrogen) atoms. The number of thioether (sulfide) groups is 1. The Morgan fingerprint density at radius 2 is 1.67 bits per heavy atom. The largest absolute Gasteiger partial charge is 0.290 e. The van der Waals surface area contributed by atoms with Gasteiger partial charge in [0.2, 0.25) is 0 Å². The molecule has 3 aromatic rings. The van der Waals surface area contributed by atoms with Gasteiger partial charge >= 0.3 is 0 Å². The summed E-state index contributed by atoms with van der Waals surface area (Å²) in [5, 5.41) is 3.22. The van der Waals surface area contributed by atoms with E-state index in [-0.39, 0.29) is 5.56 Å². The number of rotatable bonds is 3. The van der Waals surface area contributed by atoms with Crippen LogP contribution in [0.25, 0.3) is 16.9 Å². The summed E-state index contributed by atoms with van der Waals surface area (Å²) in [6, 6.07) is 17.8. The molecule has 0 bridgehead atoms. The van der Waals surface area contributed by atoms with Gasteiger partial charge in [-0.25, -0.2) is 4.68 Å². The monoisotopic (exact) mass is 296 g/mol.